The fourth-order valence-electron chi connectivity index (χ4n) is 1.19. The molecule has 8 heteroatoms. The van der Waals surface area contributed by atoms with Crippen LogP contribution >= 0.6 is 0 Å². The summed E-state index contributed by atoms with van der Waals surface area (Å²) in [4.78, 5) is 10.6. The van der Waals surface area contributed by atoms with E-state index in [1.807, 2.05) is 0 Å². The summed E-state index contributed by atoms with van der Waals surface area (Å²) in [6, 6.07) is 3.35. The Morgan fingerprint density at radius 3 is 2.29 bits per heavy atom. The van der Waals surface area contributed by atoms with Gasteiger partial charge in [-0.1, -0.05) is 0 Å². The molecule has 4 N–H and O–H groups in total. The molecule has 0 aliphatic heterocycles. The molecule has 1 aromatic rings. The number of aromatic nitrogens is 1. The highest BCUT2D eigenvalue weighted by molar-refractivity contribution is 7.85. The second kappa shape index (κ2) is 6.28. The Morgan fingerprint density at radius 1 is 1.35 bits per heavy atom. The van der Waals surface area contributed by atoms with Gasteiger partial charge in [-0.3, -0.25) is 9.35 Å². The second-order valence-electron chi connectivity index (χ2n) is 3.38. The molecular weight excluding hydrogens is 248 g/mol. The number of hydrogen-bond acceptors (Lipinski definition) is 4. The molecule has 0 saturated heterocycles. The van der Waals surface area contributed by atoms with Crippen LogP contribution in [-0.2, 0) is 27.9 Å². The lowest BCUT2D eigenvalue weighted by Gasteiger charge is -1.98. The lowest BCUT2D eigenvalue weighted by Crippen LogP contribution is -2.40. The molecule has 0 fully saturated rings. The molecule has 1 amide bonds. The lowest BCUT2D eigenvalue weighted by molar-refractivity contribution is -0.684. The summed E-state index contributed by atoms with van der Waals surface area (Å²) < 4.78 is 31.2. The van der Waals surface area contributed by atoms with Gasteiger partial charge in [0.05, 0.1) is 5.75 Å². The zero-order valence-corrected chi connectivity index (χ0v) is 9.80. The predicted octanol–water partition coefficient (Wildman–Crippen LogP) is -1.29. The standard InChI is InChI=1S/C9H12N2O4S.H2O/c10-9(12)7-11-4-1-8(2-5-11)3-6-16(13,14)15;/h1-2,4-5H,3,6-7H2,(H2-,10,12,13,14,15);1H2. The molecule has 0 aromatic carbocycles. The van der Waals surface area contributed by atoms with Gasteiger partial charge in [0.25, 0.3) is 16.0 Å². The number of nitrogens with two attached hydrogens (primary N) is 1. The van der Waals surface area contributed by atoms with Crippen molar-refractivity contribution in [2.24, 2.45) is 5.73 Å². The van der Waals surface area contributed by atoms with Gasteiger partial charge in [-0.05, 0) is 12.0 Å². The number of nitrogens with zero attached hydrogens (tertiary/aromatic N) is 1. The zero-order valence-electron chi connectivity index (χ0n) is 8.98. The first-order valence-electron chi connectivity index (χ1n) is 4.58. The van der Waals surface area contributed by atoms with E-state index in [2.05, 4.69) is 0 Å². The Bertz CT molecular complexity index is 469. The molecule has 0 radical (unpaired) electrons. The SMILES string of the molecule is NC(=O)C[n+]1ccc(CCS(=O)(=O)O)cc1.[OH-]. The van der Waals surface area contributed by atoms with Gasteiger partial charge in [0.2, 0.25) is 6.54 Å². The number of rotatable bonds is 5. The van der Waals surface area contributed by atoms with Crippen LogP contribution in [0, 0.1) is 0 Å². The molecule has 0 saturated carbocycles. The lowest BCUT2D eigenvalue weighted by atomic mass is 10.2. The van der Waals surface area contributed by atoms with Gasteiger partial charge in [-0.15, -0.1) is 0 Å². The van der Waals surface area contributed by atoms with Crippen LogP contribution in [0.2, 0.25) is 0 Å². The number of primary amides is 1. The minimum atomic E-state index is -3.93. The van der Waals surface area contributed by atoms with Crippen molar-refractivity contribution in [1.82, 2.24) is 0 Å². The van der Waals surface area contributed by atoms with E-state index in [1.54, 1.807) is 29.1 Å². The van der Waals surface area contributed by atoms with Crippen LogP contribution in [0.4, 0.5) is 0 Å². The molecule has 0 spiro atoms. The Kier molecular flexibility index (Phi) is 5.72. The number of aryl methyl sites for hydroxylation is 1. The molecule has 0 aliphatic rings. The topological polar surface area (TPSA) is 131 Å². The van der Waals surface area contributed by atoms with Crippen molar-refractivity contribution in [3.63, 3.8) is 0 Å². The van der Waals surface area contributed by atoms with Gasteiger partial charge in [-0.2, -0.15) is 13.0 Å². The molecule has 17 heavy (non-hydrogen) atoms. The maximum absolute atomic E-state index is 10.6. The molecule has 1 heterocycles. The van der Waals surface area contributed by atoms with Crippen molar-refractivity contribution in [2.45, 2.75) is 13.0 Å². The highest BCUT2D eigenvalue weighted by atomic mass is 32.2. The van der Waals surface area contributed by atoms with E-state index in [9.17, 15) is 13.2 Å². The third-order valence-electron chi connectivity index (χ3n) is 1.95. The van der Waals surface area contributed by atoms with E-state index in [0.29, 0.717) is 0 Å². The van der Waals surface area contributed by atoms with Crippen molar-refractivity contribution in [1.29, 1.82) is 0 Å². The quantitative estimate of drug-likeness (QED) is 0.503. The molecule has 0 bridgehead atoms. The fraction of sp³-hybridized carbons (Fsp3) is 0.333. The maximum atomic E-state index is 10.6. The van der Waals surface area contributed by atoms with E-state index in [1.165, 1.54) is 0 Å². The number of pyridine rings is 1. The van der Waals surface area contributed by atoms with Crippen molar-refractivity contribution in [3.05, 3.63) is 30.1 Å². The number of amides is 1. The van der Waals surface area contributed by atoms with Crippen LogP contribution in [0.1, 0.15) is 5.56 Å². The Balaban J connectivity index is 0.00000256. The van der Waals surface area contributed by atoms with Gasteiger partial charge < -0.3 is 11.2 Å². The van der Waals surface area contributed by atoms with Crippen LogP contribution < -0.4 is 10.3 Å². The molecule has 7 nitrogen and oxygen atoms in total. The zero-order chi connectivity index (χ0) is 12.2. The van der Waals surface area contributed by atoms with E-state index in [4.69, 9.17) is 10.3 Å². The van der Waals surface area contributed by atoms with Crippen LogP contribution in [0.25, 0.3) is 0 Å². The summed E-state index contributed by atoms with van der Waals surface area (Å²) in [5, 5.41) is 0. The molecule has 0 unspecified atom stereocenters. The van der Waals surface area contributed by atoms with Gasteiger partial charge >= 0.3 is 0 Å². The number of carbonyl (C=O) groups excluding carboxylic acids is 1. The highest BCUT2D eigenvalue weighted by Gasteiger charge is 2.07. The van der Waals surface area contributed by atoms with Crippen molar-refractivity contribution >= 4 is 16.0 Å². The van der Waals surface area contributed by atoms with Gasteiger partial charge in [0, 0.05) is 12.1 Å². The summed E-state index contributed by atoms with van der Waals surface area (Å²) in [5.41, 5.74) is 5.77. The second-order valence-corrected chi connectivity index (χ2v) is 4.95. The third kappa shape index (κ3) is 6.61. The number of carbonyl (C=O) groups is 1. The fourth-order valence-corrected chi connectivity index (χ4v) is 1.68. The first-order valence-corrected chi connectivity index (χ1v) is 6.19. The minimum Gasteiger partial charge on any atom is -0.870 e. The van der Waals surface area contributed by atoms with Crippen molar-refractivity contribution < 1.29 is 27.8 Å². The molecule has 96 valence electrons. The van der Waals surface area contributed by atoms with Crippen molar-refractivity contribution in [3.8, 4) is 0 Å². The van der Waals surface area contributed by atoms with E-state index in [-0.39, 0.29) is 24.2 Å². The maximum Gasteiger partial charge on any atom is 0.283 e. The predicted molar refractivity (Wildman–Crippen MR) is 57.9 cm³/mol. The van der Waals surface area contributed by atoms with Crippen LogP contribution in [0.15, 0.2) is 24.5 Å². The van der Waals surface area contributed by atoms with E-state index < -0.39 is 16.0 Å². The van der Waals surface area contributed by atoms with Gasteiger partial charge in [0.15, 0.2) is 12.4 Å². The molecule has 1 aromatic heterocycles. The molecule has 0 atom stereocenters. The van der Waals surface area contributed by atoms with Gasteiger partial charge in [0.1, 0.15) is 0 Å². The van der Waals surface area contributed by atoms with E-state index >= 15 is 0 Å². The average Bonchev–Trinajstić information content (AvgIpc) is 2.14. The number of hydrogen-bond donors (Lipinski definition) is 2. The molecular formula is C9H14N2O5S. The Hall–Kier alpha value is -1.51. The van der Waals surface area contributed by atoms with Crippen molar-refractivity contribution in [2.75, 3.05) is 5.75 Å². The summed E-state index contributed by atoms with van der Waals surface area (Å²) in [7, 11) is -3.93. The summed E-state index contributed by atoms with van der Waals surface area (Å²) in [6.45, 7) is 0.0819. The average molecular weight is 262 g/mol. The normalized spacial score (nSPS) is 10.6. The molecule has 0 aliphatic carbocycles. The smallest absolute Gasteiger partial charge is 0.283 e. The van der Waals surface area contributed by atoms with Crippen LogP contribution in [0.5, 0.6) is 0 Å². The third-order valence-corrected chi connectivity index (χ3v) is 2.67. The highest BCUT2D eigenvalue weighted by Crippen LogP contribution is 1.98. The summed E-state index contributed by atoms with van der Waals surface area (Å²) in [5.74, 6) is -0.761. The monoisotopic (exact) mass is 262 g/mol. The first kappa shape index (κ1) is 15.5. The molecule has 1 rings (SSSR count). The van der Waals surface area contributed by atoms with Crippen LogP contribution in [-0.4, -0.2) is 30.1 Å². The minimum absolute atomic E-state index is 0. The van der Waals surface area contributed by atoms with Crippen LogP contribution in [0.3, 0.4) is 0 Å². The van der Waals surface area contributed by atoms with Gasteiger partial charge in [-0.25, -0.2) is 0 Å². The van der Waals surface area contributed by atoms with E-state index in [0.717, 1.165) is 5.56 Å². The summed E-state index contributed by atoms with van der Waals surface area (Å²) in [6.07, 6.45) is 3.49. The Labute approximate surface area is 98.9 Å². The first-order chi connectivity index (χ1) is 7.37. The largest absolute Gasteiger partial charge is 0.870 e. The Morgan fingerprint density at radius 2 is 1.88 bits per heavy atom. The summed E-state index contributed by atoms with van der Waals surface area (Å²) >= 11 is 0.